The molecule has 1 aliphatic heterocycles. The van der Waals surface area contributed by atoms with Crippen molar-refractivity contribution in [3.63, 3.8) is 0 Å². The van der Waals surface area contributed by atoms with Crippen molar-refractivity contribution in [3.8, 4) is 5.75 Å². The number of anilines is 1. The predicted molar refractivity (Wildman–Crippen MR) is 66.9 cm³/mol. The fourth-order valence-corrected chi connectivity index (χ4v) is 3.03. The van der Waals surface area contributed by atoms with Crippen LogP contribution < -0.4 is 10.1 Å². The van der Waals surface area contributed by atoms with Gasteiger partial charge in [0.25, 0.3) is 0 Å². The Morgan fingerprint density at radius 1 is 1.50 bits per heavy atom. The zero-order valence-electron chi connectivity index (χ0n) is 9.50. The zero-order valence-corrected chi connectivity index (χ0v) is 10.3. The number of benzene rings is 1. The van der Waals surface area contributed by atoms with Gasteiger partial charge in [0, 0.05) is 23.1 Å². The van der Waals surface area contributed by atoms with Crippen molar-refractivity contribution in [2.45, 2.75) is 24.6 Å². The molecule has 2 unspecified atom stereocenters. The smallest absolute Gasteiger partial charge is 0.146 e. The van der Waals surface area contributed by atoms with E-state index >= 15 is 0 Å². The fraction of sp³-hybridized carbons (Fsp3) is 0.500. The number of halogens is 1. The highest BCUT2D eigenvalue weighted by atomic mass is 32.2. The van der Waals surface area contributed by atoms with E-state index in [0.717, 1.165) is 12.2 Å². The van der Waals surface area contributed by atoms with E-state index in [1.54, 1.807) is 19.2 Å². The molecule has 1 aromatic rings. The summed E-state index contributed by atoms with van der Waals surface area (Å²) >= 11 is 1.92. The Labute approximate surface area is 99.6 Å². The second-order valence-corrected chi connectivity index (χ2v) is 5.54. The second-order valence-electron chi connectivity index (χ2n) is 4.07. The van der Waals surface area contributed by atoms with Crippen LogP contribution in [-0.2, 0) is 0 Å². The van der Waals surface area contributed by atoms with Crippen LogP contribution in [-0.4, -0.2) is 24.2 Å². The molecule has 0 amide bonds. The third-order valence-electron chi connectivity index (χ3n) is 2.73. The minimum atomic E-state index is -0.217. The summed E-state index contributed by atoms with van der Waals surface area (Å²) in [6.45, 7) is 2.20. The Balaban J connectivity index is 2.08. The van der Waals surface area contributed by atoms with Gasteiger partial charge in [-0.15, -0.1) is 0 Å². The molecule has 0 saturated carbocycles. The van der Waals surface area contributed by atoms with Gasteiger partial charge in [-0.1, -0.05) is 6.92 Å². The maximum Gasteiger partial charge on any atom is 0.146 e. The van der Waals surface area contributed by atoms with E-state index in [2.05, 4.69) is 12.2 Å². The van der Waals surface area contributed by atoms with Gasteiger partial charge in [-0.25, -0.2) is 4.39 Å². The van der Waals surface area contributed by atoms with E-state index in [4.69, 9.17) is 4.74 Å². The number of methoxy groups -OCH3 is 1. The summed E-state index contributed by atoms with van der Waals surface area (Å²) in [6, 6.07) is 5.14. The highest BCUT2D eigenvalue weighted by molar-refractivity contribution is 8.00. The number of ether oxygens (including phenoxy) is 1. The maximum atomic E-state index is 13.5. The molecule has 0 spiro atoms. The van der Waals surface area contributed by atoms with Crippen LogP contribution >= 0.6 is 11.8 Å². The molecule has 1 aromatic carbocycles. The number of thioether (sulfide) groups is 1. The van der Waals surface area contributed by atoms with Crippen LogP contribution in [0.2, 0.25) is 0 Å². The van der Waals surface area contributed by atoms with Crippen molar-refractivity contribution in [3.05, 3.63) is 24.0 Å². The van der Waals surface area contributed by atoms with Gasteiger partial charge < -0.3 is 10.1 Å². The largest absolute Gasteiger partial charge is 0.497 e. The number of nitrogens with one attached hydrogen (secondary N) is 1. The second kappa shape index (κ2) is 4.95. The SMILES string of the molecule is COc1ccc(F)c(NC2CSC(C)C2)c1. The van der Waals surface area contributed by atoms with Gasteiger partial charge >= 0.3 is 0 Å². The first-order chi connectivity index (χ1) is 7.69. The minimum absolute atomic E-state index is 0.217. The average molecular weight is 241 g/mol. The molecule has 1 saturated heterocycles. The number of rotatable bonds is 3. The van der Waals surface area contributed by atoms with E-state index < -0.39 is 0 Å². The summed E-state index contributed by atoms with van der Waals surface area (Å²) < 4.78 is 18.6. The lowest BCUT2D eigenvalue weighted by Crippen LogP contribution is -2.19. The molecular formula is C12H16FNOS. The molecule has 0 aliphatic carbocycles. The van der Waals surface area contributed by atoms with Crippen LogP contribution in [0.5, 0.6) is 5.75 Å². The molecule has 1 aliphatic rings. The van der Waals surface area contributed by atoms with Crippen LogP contribution in [0.25, 0.3) is 0 Å². The summed E-state index contributed by atoms with van der Waals surface area (Å²) in [6.07, 6.45) is 1.08. The Morgan fingerprint density at radius 2 is 2.31 bits per heavy atom. The van der Waals surface area contributed by atoms with Crippen LogP contribution in [0.1, 0.15) is 13.3 Å². The molecule has 0 radical (unpaired) electrons. The predicted octanol–water partition coefficient (Wildman–Crippen LogP) is 3.14. The maximum absolute atomic E-state index is 13.5. The van der Waals surface area contributed by atoms with Gasteiger partial charge in [-0.05, 0) is 18.6 Å². The van der Waals surface area contributed by atoms with Crippen molar-refractivity contribution in [2.75, 3.05) is 18.2 Å². The Hall–Kier alpha value is -0.900. The first-order valence-corrected chi connectivity index (χ1v) is 6.45. The van der Waals surface area contributed by atoms with Crippen molar-refractivity contribution >= 4 is 17.4 Å². The van der Waals surface area contributed by atoms with Crippen molar-refractivity contribution in [2.24, 2.45) is 0 Å². The Bertz CT molecular complexity index is 372. The Morgan fingerprint density at radius 3 is 2.94 bits per heavy atom. The van der Waals surface area contributed by atoms with Gasteiger partial charge in [0.15, 0.2) is 0 Å². The molecule has 2 rings (SSSR count). The summed E-state index contributed by atoms with van der Waals surface area (Å²) in [5.41, 5.74) is 0.541. The quantitative estimate of drug-likeness (QED) is 0.878. The Kier molecular flexibility index (Phi) is 3.59. The molecule has 4 heteroatoms. The van der Waals surface area contributed by atoms with Crippen molar-refractivity contribution in [1.29, 1.82) is 0 Å². The summed E-state index contributed by atoms with van der Waals surface area (Å²) in [5.74, 6) is 1.51. The lowest BCUT2D eigenvalue weighted by molar-refractivity contribution is 0.414. The van der Waals surface area contributed by atoms with E-state index in [1.165, 1.54) is 6.07 Å². The molecule has 1 heterocycles. The minimum Gasteiger partial charge on any atom is -0.497 e. The van der Waals surface area contributed by atoms with E-state index in [1.807, 2.05) is 11.8 Å². The standard InChI is InChI=1S/C12H16FNOS/c1-8-5-9(7-16-8)14-12-6-10(15-2)3-4-11(12)13/h3-4,6,8-9,14H,5,7H2,1-2H3. The molecule has 88 valence electrons. The van der Waals surface area contributed by atoms with E-state index in [0.29, 0.717) is 22.7 Å². The molecule has 0 aromatic heterocycles. The van der Waals surface area contributed by atoms with Gasteiger partial charge in [-0.3, -0.25) is 0 Å². The fourth-order valence-electron chi connectivity index (χ4n) is 1.88. The lowest BCUT2D eigenvalue weighted by Gasteiger charge is -2.14. The van der Waals surface area contributed by atoms with Crippen LogP contribution in [0, 0.1) is 5.82 Å². The normalized spacial score (nSPS) is 24.4. The molecule has 0 bridgehead atoms. The monoisotopic (exact) mass is 241 g/mol. The van der Waals surface area contributed by atoms with Gasteiger partial charge in [0.2, 0.25) is 0 Å². The number of hydrogen-bond acceptors (Lipinski definition) is 3. The number of hydrogen-bond donors (Lipinski definition) is 1. The van der Waals surface area contributed by atoms with E-state index in [-0.39, 0.29) is 5.82 Å². The zero-order chi connectivity index (χ0) is 11.5. The molecular weight excluding hydrogens is 225 g/mol. The third kappa shape index (κ3) is 2.61. The van der Waals surface area contributed by atoms with Crippen molar-refractivity contribution < 1.29 is 9.13 Å². The van der Waals surface area contributed by atoms with Gasteiger partial charge in [0.05, 0.1) is 12.8 Å². The van der Waals surface area contributed by atoms with Crippen LogP contribution in [0.3, 0.4) is 0 Å². The molecule has 1 N–H and O–H groups in total. The lowest BCUT2D eigenvalue weighted by atomic mass is 10.2. The topological polar surface area (TPSA) is 21.3 Å². The summed E-state index contributed by atoms with van der Waals surface area (Å²) in [5, 5.41) is 3.90. The van der Waals surface area contributed by atoms with E-state index in [9.17, 15) is 4.39 Å². The van der Waals surface area contributed by atoms with Gasteiger partial charge in [-0.2, -0.15) is 11.8 Å². The highest BCUT2D eigenvalue weighted by Gasteiger charge is 2.22. The average Bonchev–Trinajstić information content (AvgIpc) is 2.67. The highest BCUT2D eigenvalue weighted by Crippen LogP contribution is 2.30. The first-order valence-electron chi connectivity index (χ1n) is 5.40. The molecule has 16 heavy (non-hydrogen) atoms. The van der Waals surface area contributed by atoms with Crippen LogP contribution in [0.4, 0.5) is 10.1 Å². The third-order valence-corrected chi connectivity index (χ3v) is 4.09. The molecule has 2 atom stereocenters. The van der Waals surface area contributed by atoms with Gasteiger partial charge in [0.1, 0.15) is 11.6 Å². The summed E-state index contributed by atoms with van der Waals surface area (Å²) in [7, 11) is 1.59. The molecule has 2 nitrogen and oxygen atoms in total. The van der Waals surface area contributed by atoms with Crippen molar-refractivity contribution in [1.82, 2.24) is 0 Å². The molecule has 1 fully saturated rings. The van der Waals surface area contributed by atoms with Crippen LogP contribution in [0.15, 0.2) is 18.2 Å². The first kappa shape index (κ1) is 11.6. The summed E-state index contributed by atoms with van der Waals surface area (Å²) in [4.78, 5) is 0.